The molecule has 19 rings (SSSR count). The molecule has 558 valence electrons. The van der Waals surface area contributed by atoms with Crippen LogP contribution in [0.25, 0.3) is 6.08 Å². The van der Waals surface area contributed by atoms with E-state index in [1.165, 1.54) is 79.5 Å². The van der Waals surface area contributed by atoms with Crippen molar-refractivity contribution in [2.24, 2.45) is 0 Å². The Morgan fingerprint density at radius 1 is 0.358 bits per heavy atom. The van der Waals surface area contributed by atoms with Gasteiger partial charge in [-0.05, 0) is 186 Å². The Morgan fingerprint density at radius 2 is 0.679 bits per heavy atom. The second kappa shape index (κ2) is 35.0. The summed E-state index contributed by atoms with van der Waals surface area (Å²) in [5, 5.41) is 0. The molecule has 1 saturated carbocycles. The minimum Gasteiger partial charge on any atom is -0.492 e. The van der Waals surface area contributed by atoms with Crippen LogP contribution in [0.2, 0.25) is 0 Å². The molecule has 0 spiro atoms. The van der Waals surface area contributed by atoms with Crippen LogP contribution in [0.15, 0.2) is 92.0 Å². The van der Waals surface area contributed by atoms with E-state index in [1.54, 1.807) is 0 Å². The number of benzene rings is 6. The number of ether oxygens (including phenoxy) is 6. The third kappa shape index (κ3) is 15.4. The standard InChI is InChI=1S/C14H17BO3.2C14H19BO3.C14H17BO3.C13H17BO3.C13H15BO3/c1-2-11-13-10(9-3-4-9)5-6-12-14(13)15(18-11)17-8-7-16-12;1-4-11-13-10(9(2)3)5-6-12-14(13)15(18-11)17-8-7-16-12;2*1-3-5-10-6-7-12-14-13(10)11(4-2)18-15(14)17-9-8-16-12;2*1-3-9-5-6-11-13-12(9)10(4-2)17-14(13)16-8-7-15-11/h5-6,9,11H,2-4,7-8H2,1H3;5-6,9,11H,4,7-8H2,1-3H3;6-7,11H,3-5,8-9H2,1-2H3;3,6-7,11H,1,4-5,8-9H2,2H3;5-6,10H,3-4,7-8H2,1-2H3;3,5-6,10H,1,4,7-8H2,2H3/t4*11-;2*10-/m111111/s1. The molecule has 6 atom stereocenters. The Balaban J connectivity index is 0.000000107. The summed E-state index contributed by atoms with van der Waals surface area (Å²) >= 11 is 0. The average molecular weight is 1440 g/mol. The largest absolute Gasteiger partial charge is 0.498 e. The Kier molecular flexibility index (Phi) is 25.2. The highest BCUT2D eigenvalue weighted by molar-refractivity contribution is 6.67. The quantitative estimate of drug-likeness (QED) is 0.0746. The molecule has 0 bridgehead atoms. The summed E-state index contributed by atoms with van der Waals surface area (Å²) in [7, 11) is -1.42. The van der Waals surface area contributed by atoms with E-state index in [-0.39, 0.29) is 79.3 Å². The minimum absolute atomic E-state index is 0.0876. The van der Waals surface area contributed by atoms with Gasteiger partial charge in [0.15, 0.2) is 0 Å². The summed E-state index contributed by atoms with van der Waals surface area (Å²) in [5.74, 6) is 6.83. The predicted octanol–water partition coefficient (Wildman–Crippen LogP) is 12.5. The molecule has 0 unspecified atom stereocenters. The zero-order chi connectivity index (χ0) is 73.5. The maximum Gasteiger partial charge on any atom is 0.498 e. The van der Waals surface area contributed by atoms with Crippen molar-refractivity contribution in [2.75, 3.05) is 79.3 Å². The van der Waals surface area contributed by atoms with Crippen LogP contribution in [0.1, 0.15) is 242 Å². The molecule has 6 aromatic carbocycles. The first kappa shape index (κ1) is 76.3. The van der Waals surface area contributed by atoms with Gasteiger partial charge in [0.25, 0.3) is 0 Å². The van der Waals surface area contributed by atoms with E-state index in [0.29, 0.717) is 85.2 Å². The van der Waals surface area contributed by atoms with Crippen molar-refractivity contribution < 1.29 is 84.3 Å². The van der Waals surface area contributed by atoms with Gasteiger partial charge < -0.3 is 84.3 Å². The Hall–Kier alpha value is -6.49. The van der Waals surface area contributed by atoms with Gasteiger partial charge in [-0.2, -0.15) is 0 Å². The first-order chi connectivity index (χ1) is 52.0. The molecule has 0 radical (unpaired) electrons. The van der Waals surface area contributed by atoms with Crippen molar-refractivity contribution in [1.82, 2.24) is 0 Å². The third-order valence-electron chi connectivity index (χ3n) is 21.9. The Labute approximate surface area is 629 Å². The molecule has 13 aliphatic rings. The summed E-state index contributed by atoms with van der Waals surface area (Å²) < 4.78 is 105. The lowest BCUT2D eigenvalue weighted by atomic mass is 9.75. The van der Waals surface area contributed by atoms with Crippen LogP contribution < -0.4 is 61.2 Å². The second-order valence-corrected chi connectivity index (χ2v) is 28.8. The number of rotatable bonds is 14. The van der Waals surface area contributed by atoms with E-state index < -0.39 is 0 Å². The maximum atomic E-state index is 6.06. The highest BCUT2D eigenvalue weighted by atomic mass is 16.6. The van der Waals surface area contributed by atoms with Crippen LogP contribution in [0.5, 0.6) is 34.5 Å². The van der Waals surface area contributed by atoms with E-state index in [2.05, 4.69) is 137 Å². The molecule has 1 fully saturated rings. The molecule has 24 heteroatoms. The van der Waals surface area contributed by atoms with Gasteiger partial charge >= 0.3 is 42.7 Å². The number of hydrogen-bond acceptors (Lipinski definition) is 18. The number of aryl methyl sites for hydroxylation is 2. The molecule has 0 saturated heterocycles. The molecular formula is C82H104B6O18. The van der Waals surface area contributed by atoms with Crippen molar-refractivity contribution in [3.05, 3.63) is 159 Å². The molecular weight excluding hydrogens is 1340 g/mol. The normalized spacial score (nSPS) is 22.3. The number of allylic oxidation sites excluding steroid dienone is 1. The van der Waals surface area contributed by atoms with E-state index >= 15 is 0 Å². The zero-order valence-electron chi connectivity index (χ0n) is 63.9. The van der Waals surface area contributed by atoms with Crippen molar-refractivity contribution in [1.29, 1.82) is 0 Å². The first-order valence-electron chi connectivity index (χ1n) is 39.6. The van der Waals surface area contributed by atoms with Gasteiger partial charge in [0.1, 0.15) is 74.1 Å². The Bertz CT molecular complexity index is 4000. The molecule has 0 N–H and O–H groups in total. The van der Waals surface area contributed by atoms with Gasteiger partial charge in [0.2, 0.25) is 0 Å². The average Bonchev–Trinajstić information content (AvgIpc) is 1.74. The molecule has 12 aliphatic heterocycles. The lowest BCUT2D eigenvalue weighted by Crippen LogP contribution is -2.31. The fraction of sp³-hybridized carbons (Fsp3) is 0.512. The van der Waals surface area contributed by atoms with Crippen LogP contribution in [0.3, 0.4) is 0 Å². The highest BCUT2D eigenvalue weighted by Crippen LogP contribution is 2.47. The van der Waals surface area contributed by atoms with Crippen LogP contribution in [0.4, 0.5) is 0 Å². The summed E-state index contributed by atoms with van der Waals surface area (Å²) in [4.78, 5) is 0. The molecule has 0 aromatic heterocycles. The number of hydrogen-bond donors (Lipinski definition) is 0. The van der Waals surface area contributed by atoms with Gasteiger partial charge in [0.05, 0.1) is 76.3 Å². The molecule has 6 aromatic rings. The lowest BCUT2D eigenvalue weighted by Gasteiger charge is -2.18. The fourth-order valence-corrected chi connectivity index (χ4v) is 17.0. The van der Waals surface area contributed by atoms with Crippen LogP contribution >= 0.6 is 0 Å². The lowest BCUT2D eigenvalue weighted by molar-refractivity contribution is 0.140. The monoisotopic (exact) mass is 1440 g/mol. The molecule has 0 amide bonds. The van der Waals surface area contributed by atoms with Crippen LogP contribution in [-0.2, 0) is 75.1 Å². The van der Waals surface area contributed by atoms with Crippen molar-refractivity contribution in [2.45, 2.75) is 195 Å². The smallest absolute Gasteiger partial charge is 0.492 e. The van der Waals surface area contributed by atoms with E-state index in [0.717, 1.165) is 138 Å². The third-order valence-corrected chi connectivity index (χ3v) is 21.9. The summed E-state index contributed by atoms with van der Waals surface area (Å²) in [6.07, 6.45) is 17.2. The van der Waals surface area contributed by atoms with E-state index in [4.69, 9.17) is 84.3 Å². The highest BCUT2D eigenvalue weighted by Gasteiger charge is 2.49. The topological polar surface area (TPSA) is 166 Å². The van der Waals surface area contributed by atoms with Gasteiger partial charge in [-0.3, -0.25) is 0 Å². The summed E-state index contributed by atoms with van der Waals surface area (Å²) in [6, 6.07) is 25.3. The summed E-state index contributed by atoms with van der Waals surface area (Å²) in [5.41, 5.74) is 22.4. The van der Waals surface area contributed by atoms with Crippen LogP contribution in [-0.4, -0.2) is 122 Å². The zero-order valence-corrected chi connectivity index (χ0v) is 63.9. The second-order valence-electron chi connectivity index (χ2n) is 28.8. The first-order valence-corrected chi connectivity index (χ1v) is 39.6. The van der Waals surface area contributed by atoms with Gasteiger partial charge in [0, 0.05) is 32.8 Å². The molecule has 12 heterocycles. The van der Waals surface area contributed by atoms with Gasteiger partial charge in [-0.1, -0.05) is 131 Å². The molecule has 106 heavy (non-hydrogen) atoms. The maximum absolute atomic E-state index is 6.06. The van der Waals surface area contributed by atoms with Gasteiger partial charge in [-0.15, -0.1) is 6.58 Å². The molecule has 18 nitrogen and oxygen atoms in total. The predicted molar refractivity (Wildman–Crippen MR) is 418 cm³/mol. The minimum atomic E-state index is -0.271. The van der Waals surface area contributed by atoms with E-state index in [9.17, 15) is 0 Å². The molecule has 1 aliphatic carbocycles. The summed E-state index contributed by atoms with van der Waals surface area (Å²) in [6.45, 7) is 36.5. The van der Waals surface area contributed by atoms with Crippen molar-refractivity contribution >= 4 is 81.6 Å². The Morgan fingerprint density at radius 3 is 1.06 bits per heavy atom. The van der Waals surface area contributed by atoms with Crippen molar-refractivity contribution in [3.8, 4) is 34.5 Å². The fourth-order valence-electron chi connectivity index (χ4n) is 17.0. The van der Waals surface area contributed by atoms with Crippen LogP contribution in [0, 0.1) is 0 Å². The van der Waals surface area contributed by atoms with E-state index in [1.807, 2.05) is 30.4 Å². The van der Waals surface area contributed by atoms with Crippen molar-refractivity contribution in [3.63, 3.8) is 0 Å². The SMILES string of the molecule is C=CCc1ccc2c3c1[C@@H](CC)OB3OCCO2.C=Cc1ccc2c3c1[C@@H](CC)OB3OCCO2.CCCc1ccc2c3c1[C@@H](CC)OB3OCCO2.CC[C@H]1OB2OCCOc3ccc(C(C)C)c1c32.CC[C@H]1OB2OCCOc3ccc(C4CC4)c1c32.CCc1ccc2c3c1[C@@H](CC)OB3OCCO2. The van der Waals surface area contributed by atoms with Gasteiger partial charge in [-0.25, -0.2) is 0 Å².